The summed E-state index contributed by atoms with van der Waals surface area (Å²) in [7, 11) is 3.55. The van der Waals surface area contributed by atoms with Crippen molar-refractivity contribution in [2.75, 3.05) is 7.11 Å². The molecule has 1 N–H and O–H groups in total. The maximum absolute atomic E-state index is 12.4. The monoisotopic (exact) mass is 413 g/mol. The molecule has 1 aromatic carbocycles. The summed E-state index contributed by atoms with van der Waals surface area (Å²) < 4.78 is 7.34. The van der Waals surface area contributed by atoms with Crippen molar-refractivity contribution >= 4 is 33.3 Å². The predicted octanol–water partition coefficient (Wildman–Crippen LogP) is 3.70. The van der Waals surface area contributed by atoms with Crippen LogP contribution in [-0.2, 0) is 12.8 Å². The summed E-state index contributed by atoms with van der Waals surface area (Å²) in [6.45, 7) is 3.97. The van der Waals surface area contributed by atoms with Gasteiger partial charge in [0.2, 0.25) is 0 Å². The minimum Gasteiger partial charge on any atom is -0.496 e. The van der Waals surface area contributed by atoms with Crippen LogP contribution in [0.4, 0.5) is 0 Å². The molecule has 0 saturated carbocycles. The average Bonchev–Trinajstić information content (AvgIpc) is 3.19. The molecule has 0 aliphatic carbocycles. The van der Waals surface area contributed by atoms with Crippen LogP contribution in [0.5, 0.6) is 5.75 Å². The van der Waals surface area contributed by atoms with Gasteiger partial charge >= 0.3 is 0 Å². The van der Waals surface area contributed by atoms with Gasteiger partial charge in [-0.2, -0.15) is 0 Å². The molecule has 0 atom stereocenters. The maximum Gasteiger partial charge on any atom is 0.259 e. The minimum atomic E-state index is -0.0878. The molecule has 0 amide bonds. The Balaban J connectivity index is 1.60. The van der Waals surface area contributed by atoms with Crippen LogP contribution >= 0.6 is 23.1 Å². The highest BCUT2D eigenvalue weighted by atomic mass is 32.2. The highest BCUT2D eigenvalue weighted by Crippen LogP contribution is 2.31. The van der Waals surface area contributed by atoms with E-state index in [1.165, 1.54) is 11.8 Å². The predicted molar refractivity (Wildman–Crippen MR) is 112 cm³/mol. The molecule has 7 nitrogen and oxygen atoms in total. The van der Waals surface area contributed by atoms with Gasteiger partial charge in [-0.25, -0.2) is 4.98 Å². The number of aryl methyl sites for hydroxylation is 2. The number of aromatic nitrogens is 5. The van der Waals surface area contributed by atoms with E-state index in [2.05, 4.69) is 20.2 Å². The van der Waals surface area contributed by atoms with E-state index < -0.39 is 0 Å². The molecule has 0 spiro atoms. The smallest absolute Gasteiger partial charge is 0.259 e. The number of benzene rings is 1. The van der Waals surface area contributed by atoms with Crippen molar-refractivity contribution < 1.29 is 4.74 Å². The third kappa shape index (κ3) is 3.20. The summed E-state index contributed by atoms with van der Waals surface area (Å²) in [6, 6.07) is 7.70. The molecule has 0 bridgehead atoms. The van der Waals surface area contributed by atoms with Crippen LogP contribution in [0.25, 0.3) is 21.6 Å². The fourth-order valence-corrected chi connectivity index (χ4v) is 4.84. The highest BCUT2D eigenvalue weighted by molar-refractivity contribution is 7.98. The van der Waals surface area contributed by atoms with Gasteiger partial charge in [0.1, 0.15) is 16.4 Å². The van der Waals surface area contributed by atoms with E-state index in [1.807, 2.05) is 49.7 Å². The van der Waals surface area contributed by atoms with Gasteiger partial charge in [-0.15, -0.1) is 21.5 Å². The molecule has 0 fully saturated rings. The Morgan fingerprint density at radius 3 is 2.82 bits per heavy atom. The number of nitrogens with zero attached hydrogens (tertiary/aromatic N) is 4. The van der Waals surface area contributed by atoms with Crippen LogP contribution in [-0.4, -0.2) is 31.8 Å². The van der Waals surface area contributed by atoms with Crippen LogP contribution in [0.2, 0.25) is 0 Å². The lowest BCUT2D eigenvalue weighted by Crippen LogP contribution is -2.11. The Labute approximate surface area is 169 Å². The first kappa shape index (κ1) is 18.7. The Hall–Kier alpha value is -2.65. The molecule has 0 unspecified atom stereocenters. The van der Waals surface area contributed by atoms with E-state index in [9.17, 15) is 4.79 Å². The number of hydrogen-bond donors (Lipinski definition) is 1. The number of thioether (sulfide) groups is 1. The zero-order valence-corrected chi connectivity index (χ0v) is 17.6. The van der Waals surface area contributed by atoms with E-state index in [4.69, 9.17) is 4.74 Å². The zero-order chi connectivity index (χ0) is 19.8. The third-order valence-electron chi connectivity index (χ3n) is 4.61. The Morgan fingerprint density at radius 1 is 1.25 bits per heavy atom. The fraction of sp³-hybridized carbons (Fsp3) is 0.263. The molecule has 28 heavy (non-hydrogen) atoms. The number of H-pyrrole nitrogens is 1. The zero-order valence-electron chi connectivity index (χ0n) is 15.9. The van der Waals surface area contributed by atoms with Crippen LogP contribution in [0, 0.1) is 13.8 Å². The summed E-state index contributed by atoms with van der Waals surface area (Å²) in [5, 5.41) is 10.0. The van der Waals surface area contributed by atoms with Crippen molar-refractivity contribution in [3.05, 3.63) is 50.9 Å². The van der Waals surface area contributed by atoms with Crippen LogP contribution in [0.15, 0.2) is 34.2 Å². The van der Waals surface area contributed by atoms with Gasteiger partial charge in [-0.1, -0.05) is 23.9 Å². The number of ether oxygens (including phenoxy) is 1. The molecular weight excluding hydrogens is 394 g/mol. The lowest BCUT2D eigenvalue weighted by molar-refractivity contribution is 0.416. The molecule has 3 aromatic heterocycles. The van der Waals surface area contributed by atoms with Gasteiger partial charge in [0.05, 0.1) is 23.8 Å². The highest BCUT2D eigenvalue weighted by Gasteiger charge is 2.16. The number of rotatable bonds is 5. The first-order valence-electron chi connectivity index (χ1n) is 8.64. The molecule has 4 rings (SSSR count). The van der Waals surface area contributed by atoms with E-state index in [0.717, 1.165) is 37.6 Å². The molecule has 9 heteroatoms. The Bertz CT molecular complexity index is 1230. The lowest BCUT2D eigenvalue weighted by atomic mass is 10.2. The number of aromatic amines is 1. The Morgan fingerprint density at radius 2 is 2.04 bits per heavy atom. The van der Waals surface area contributed by atoms with Crippen molar-refractivity contribution in [2.24, 2.45) is 7.05 Å². The molecule has 0 aliphatic rings. The molecule has 0 radical (unpaired) electrons. The number of hydrogen-bond acceptors (Lipinski definition) is 7. The topological polar surface area (TPSA) is 85.7 Å². The molecule has 3 heterocycles. The standard InChI is InChI=1S/C19H19N5O2S2/c1-10-11(2)28-18-15(10)17(25)20-14(21-18)9-27-19-23-22-16(24(19)3)12-7-5-6-8-13(12)26-4/h5-8H,9H2,1-4H3,(H,20,21,25). The van der Waals surface area contributed by atoms with Gasteiger partial charge < -0.3 is 14.3 Å². The summed E-state index contributed by atoms with van der Waals surface area (Å²) in [5.41, 5.74) is 1.79. The second-order valence-corrected chi connectivity index (χ2v) is 8.48. The SMILES string of the molecule is COc1ccccc1-c1nnc(SCc2nc3sc(C)c(C)c3c(=O)[nH]2)n1C. The van der Waals surface area contributed by atoms with Crippen molar-refractivity contribution in [2.45, 2.75) is 24.8 Å². The van der Waals surface area contributed by atoms with Gasteiger partial charge in [0.15, 0.2) is 11.0 Å². The molecular formula is C19H19N5O2S2. The first-order valence-corrected chi connectivity index (χ1v) is 10.4. The maximum atomic E-state index is 12.4. The second kappa shape index (κ2) is 7.40. The van der Waals surface area contributed by atoms with Crippen LogP contribution in [0.1, 0.15) is 16.3 Å². The van der Waals surface area contributed by atoms with Crippen molar-refractivity contribution in [3.63, 3.8) is 0 Å². The van der Waals surface area contributed by atoms with E-state index in [1.54, 1.807) is 18.4 Å². The summed E-state index contributed by atoms with van der Waals surface area (Å²) in [6.07, 6.45) is 0. The van der Waals surface area contributed by atoms with E-state index >= 15 is 0 Å². The summed E-state index contributed by atoms with van der Waals surface area (Å²) in [5.74, 6) is 2.60. The summed E-state index contributed by atoms with van der Waals surface area (Å²) >= 11 is 3.03. The largest absolute Gasteiger partial charge is 0.496 e. The fourth-order valence-electron chi connectivity index (χ4n) is 3.01. The normalized spacial score (nSPS) is 11.3. The Kier molecular flexibility index (Phi) is 4.94. The van der Waals surface area contributed by atoms with Gasteiger partial charge in [0.25, 0.3) is 5.56 Å². The van der Waals surface area contributed by atoms with Crippen LogP contribution in [0.3, 0.4) is 0 Å². The lowest BCUT2D eigenvalue weighted by Gasteiger charge is -2.08. The summed E-state index contributed by atoms with van der Waals surface area (Å²) in [4.78, 5) is 21.8. The van der Waals surface area contributed by atoms with Gasteiger partial charge in [-0.3, -0.25) is 4.79 Å². The number of thiophene rings is 1. The minimum absolute atomic E-state index is 0.0878. The second-order valence-electron chi connectivity index (χ2n) is 6.33. The number of para-hydroxylation sites is 1. The average molecular weight is 414 g/mol. The molecule has 0 saturated heterocycles. The third-order valence-corrected chi connectivity index (χ3v) is 6.74. The van der Waals surface area contributed by atoms with Crippen molar-refractivity contribution in [1.29, 1.82) is 0 Å². The molecule has 0 aliphatic heterocycles. The van der Waals surface area contributed by atoms with Crippen LogP contribution < -0.4 is 10.3 Å². The quantitative estimate of drug-likeness (QED) is 0.502. The van der Waals surface area contributed by atoms with Crippen molar-refractivity contribution in [3.8, 4) is 17.1 Å². The first-order chi connectivity index (χ1) is 13.5. The molecule has 4 aromatic rings. The van der Waals surface area contributed by atoms with Crippen molar-refractivity contribution in [1.82, 2.24) is 24.7 Å². The molecule has 144 valence electrons. The van der Waals surface area contributed by atoms with E-state index in [0.29, 0.717) is 17.0 Å². The number of methoxy groups -OCH3 is 1. The van der Waals surface area contributed by atoms with Gasteiger partial charge in [0, 0.05) is 11.9 Å². The van der Waals surface area contributed by atoms with E-state index in [-0.39, 0.29) is 5.56 Å². The number of fused-ring (bicyclic) bond motifs is 1. The van der Waals surface area contributed by atoms with Gasteiger partial charge in [-0.05, 0) is 31.5 Å². The number of nitrogens with one attached hydrogen (secondary N) is 1.